The van der Waals surface area contributed by atoms with E-state index in [0.717, 1.165) is 25.9 Å². The van der Waals surface area contributed by atoms with E-state index in [4.69, 9.17) is 0 Å². The van der Waals surface area contributed by atoms with E-state index in [0.29, 0.717) is 19.3 Å². The molecule has 1 fully saturated rings. The zero-order chi connectivity index (χ0) is 14.0. The van der Waals surface area contributed by atoms with Crippen LogP contribution in [0.4, 0.5) is 0 Å². The third kappa shape index (κ3) is 7.81. The van der Waals surface area contributed by atoms with Gasteiger partial charge in [0.1, 0.15) is 5.78 Å². The fourth-order valence-electron chi connectivity index (χ4n) is 1.55. The predicted octanol–water partition coefficient (Wildman–Crippen LogP) is 1.55. The molecule has 1 amide bonds. The summed E-state index contributed by atoms with van der Waals surface area (Å²) in [5, 5.41) is 0. The van der Waals surface area contributed by atoms with Gasteiger partial charge in [-0.3, -0.25) is 14.4 Å². The van der Waals surface area contributed by atoms with Gasteiger partial charge in [-0.05, 0) is 12.8 Å². The number of carbonyl (C=O) groups excluding carboxylic acids is 3. The first-order chi connectivity index (χ1) is 8.51. The van der Waals surface area contributed by atoms with E-state index in [1.54, 1.807) is 0 Å². The number of ether oxygens (including phenoxy) is 1. The van der Waals surface area contributed by atoms with Crippen LogP contribution in [0.3, 0.4) is 0 Å². The Labute approximate surface area is 108 Å². The Hall–Kier alpha value is -1.39. The second kappa shape index (κ2) is 9.62. The van der Waals surface area contributed by atoms with Crippen LogP contribution < -0.4 is 0 Å². The van der Waals surface area contributed by atoms with Gasteiger partial charge in [-0.1, -0.05) is 6.92 Å². The molecule has 5 heteroatoms. The van der Waals surface area contributed by atoms with Crippen LogP contribution in [0.25, 0.3) is 0 Å². The molecule has 18 heavy (non-hydrogen) atoms. The lowest BCUT2D eigenvalue weighted by Gasteiger charge is -2.14. The maximum Gasteiger partial charge on any atom is 0.302 e. The van der Waals surface area contributed by atoms with Crippen molar-refractivity contribution in [1.82, 2.24) is 4.90 Å². The van der Waals surface area contributed by atoms with Crippen LogP contribution in [0.2, 0.25) is 0 Å². The van der Waals surface area contributed by atoms with Crippen molar-refractivity contribution in [3.05, 3.63) is 0 Å². The summed E-state index contributed by atoms with van der Waals surface area (Å²) in [5.74, 6) is 0.0943. The number of carbonyl (C=O) groups is 3. The average molecular weight is 257 g/mol. The minimum atomic E-state index is -0.245. The summed E-state index contributed by atoms with van der Waals surface area (Å²) < 4.78 is 4.11. The number of Topliss-reactive ketones (excluding diaryl/α,β-unsaturated/α-hetero) is 1. The highest BCUT2D eigenvalue weighted by Gasteiger charge is 2.17. The lowest BCUT2D eigenvalue weighted by atomic mass is 10.2. The molecule has 1 heterocycles. The van der Waals surface area contributed by atoms with E-state index in [1.165, 1.54) is 14.0 Å². The van der Waals surface area contributed by atoms with Crippen molar-refractivity contribution in [1.29, 1.82) is 0 Å². The zero-order valence-electron chi connectivity index (χ0n) is 11.5. The molecular formula is C13H23NO4. The smallest absolute Gasteiger partial charge is 0.302 e. The van der Waals surface area contributed by atoms with Gasteiger partial charge in [0.15, 0.2) is 0 Å². The van der Waals surface area contributed by atoms with E-state index in [2.05, 4.69) is 4.74 Å². The van der Waals surface area contributed by atoms with E-state index < -0.39 is 0 Å². The number of hydrogen-bond donors (Lipinski definition) is 0. The molecule has 0 saturated carbocycles. The Balaban J connectivity index is 0.000000494. The number of amides is 1. The fourth-order valence-corrected chi connectivity index (χ4v) is 1.55. The first-order valence-corrected chi connectivity index (χ1v) is 6.35. The number of methoxy groups -OCH3 is 1. The van der Waals surface area contributed by atoms with E-state index >= 15 is 0 Å². The van der Waals surface area contributed by atoms with Gasteiger partial charge < -0.3 is 9.64 Å². The Morgan fingerprint density at radius 3 is 2.00 bits per heavy atom. The minimum Gasteiger partial charge on any atom is -0.469 e. The highest BCUT2D eigenvalue weighted by Crippen LogP contribution is 2.10. The molecule has 0 bridgehead atoms. The molecule has 0 atom stereocenters. The number of likely N-dealkylation sites (tertiary alicyclic amines) is 1. The standard InChI is InChI=1S/C10H17NO2.C3H6O2/c1-2-9(12)5-6-10(13)11-7-3-4-8-11;1-3(4)5-2/h2-8H2,1H3;1-2H3. The molecule has 0 aromatic rings. The molecule has 0 aromatic heterocycles. The number of nitrogens with zero attached hydrogens (tertiary/aromatic N) is 1. The van der Waals surface area contributed by atoms with Crippen LogP contribution in [-0.4, -0.2) is 42.8 Å². The highest BCUT2D eigenvalue weighted by molar-refractivity contribution is 5.84. The number of ketones is 1. The summed E-state index contributed by atoms with van der Waals surface area (Å²) >= 11 is 0. The van der Waals surface area contributed by atoms with Crippen molar-refractivity contribution in [2.45, 2.75) is 46.0 Å². The first kappa shape index (κ1) is 16.6. The molecule has 0 N–H and O–H groups in total. The molecule has 0 unspecified atom stereocenters. The molecule has 104 valence electrons. The van der Waals surface area contributed by atoms with Gasteiger partial charge in [0.25, 0.3) is 0 Å². The maximum atomic E-state index is 11.4. The molecule has 1 aliphatic rings. The van der Waals surface area contributed by atoms with Crippen LogP contribution in [-0.2, 0) is 19.1 Å². The van der Waals surface area contributed by atoms with Gasteiger partial charge in [0, 0.05) is 39.3 Å². The minimum absolute atomic E-state index is 0.152. The molecule has 5 nitrogen and oxygen atoms in total. The Morgan fingerprint density at radius 1 is 1.11 bits per heavy atom. The third-order valence-electron chi connectivity index (χ3n) is 2.76. The molecule has 0 aromatic carbocycles. The highest BCUT2D eigenvalue weighted by atomic mass is 16.5. The topological polar surface area (TPSA) is 63.7 Å². The summed E-state index contributed by atoms with van der Waals surface area (Å²) in [6, 6.07) is 0. The maximum absolute atomic E-state index is 11.4. The third-order valence-corrected chi connectivity index (χ3v) is 2.76. The van der Waals surface area contributed by atoms with Gasteiger partial charge in [-0.2, -0.15) is 0 Å². The number of esters is 1. The quantitative estimate of drug-likeness (QED) is 0.717. The van der Waals surface area contributed by atoms with Crippen molar-refractivity contribution in [3.63, 3.8) is 0 Å². The molecule has 0 radical (unpaired) electrons. The normalized spacial score (nSPS) is 13.6. The van der Waals surface area contributed by atoms with Gasteiger partial charge in [0.05, 0.1) is 7.11 Å². The Bertz CT molecular complexity index is 283. The van der Waals surface area contributed by atoms with Crippen LogP contribution in [0.5, 0.6) is 0 Å². The SMILES string of the molecule is CCC(=O)CCC(=O)N1CCCC1.COC(C)=O. The van der Waals surface area contributed by atoms with Crippen LogP contribution >= 0.6 is 0 Å². The summed E-state index contributed by atoms with van der Waals surface area (Å²) in [7, 11) is 1.35. The summed E-state index contributed by atoms with van der Waals surface area (Å²) in [6.45, 7) is 4.97. The zero-order valence-corrected chi connectivity index (χ0v) is 11.5. The monoisotopic (exact) mass is 257 g/mol. The van der Waals surface area contributed by atoms with E-state index in [-0.39, 0.29) is 17.7 Å². The van der Waals surface area contributed by atoms with Gasteiger partial charge >= 0.3 is 5.97 Å². The molecule has 1 saturated heterocycles. The molecule has 0 spiro atoms. The Kier molecular flexibility index (Phi) is 8.88. The van der Waals surface area contributed by atoms with Crippen molar-refractivity contribution >= 4 is 17.7 Å². The van der Waals surface area contributed by atoms with Gasteiger partial charge in [-0.15, -0.1) is 0 Å². The molecule has 1 aliphatic heterocycles. The lowest BCUT2D eigenvalue weighted by molar-refractivity contribution is -0.138. The largest absolute Gasteiger partial charge is 0.469 e. The van der Waals surface area contributed by atoms with Gasteiger partial charge in [-0.25, -0.2) is 0 Å². The molecule has 0 aliphatic carbocycles. The van der Waals surface area contributed by atoms with E-state index in [1.807, 2.05) is 11.8 Å². The van der Waals surface area contributed by atoms with Crippen molar-refractivity contribution in [2.24, 2.45) is 0 Å². The van der Waals surface area contributed by atoms with Crippen LogP contribution in [0.15, 0.2) is 0 Å². The number of hydrogen-bond acceptors (Lipinski definition) is 4. The van der Waals surface area contributed by atoms with E-state index in [9.17, 15) is 14.4 Å². The van der Waals surface area contributed by atoms with Crippen molar-refractivity contribution in [2.75, 3.05) is 20.2 Å². The van der Waals surface area contributed by atoms with Gasteiger partial charge in [0.2, 0.25) is 5.91 Å². The van der Waals surface area contributed by atoms with Crippen molar-refractivity contribution in [3.8, 4) is 0 Å². The first-order valence-electron chi connectivity index (χ1n) is 6.35. The summed E-state index contributed by atoms with van der Waals surface area (Å²) in [4.78, 5) is 33.9. The second-order valence-corrected chi connectivity index (χ2v) is 4.18. The summed E-state index contributed by atoms with van der Waals surface area (Å²) in [6.07, 6.45) is 3.62. The van der Waals surface area contributed by atoms with Crippen molar-refractivity contribution < 1.29 is 19.1 Å². The number of rotatable bonds is 4. The lowest BCUT2D eigenvalue weighted by Crippen LogP contribution is -2.27. The molecule has 1 rings (SSSR count). The second-order valence-electron chi connectivity index (χ2n) is 4.18. The average Bonchev–Trinajstić information content (AvgIpc) is 2.90. The van der Waals surface area contributed by atoms with Crippen LogP contribution in [0.1, 0.15) is 46.0 Å². The molecular weight excluding hydrogens is 234 g/mol. The summed E-state index contributed by atoms with van der Waals surface area (Å²) in [5.41, 5.74) is 0. The fraction of sp³-hybridized carbons (Fsp3) is 0.769. The Morgan fingerprint density at radius 2 is 1.61 bits per heavy atom. The predicted molar refractivity (Wildman–Crippen MR) is 68.0 cm³/mol. The van der Waals surface area contributed by atoms with Crippen LogP contribution in [0, 0.1) is 0 Å².